The molecule has 264 valence electrons. The lowest BCUT2D eigenvalue weighted by atomic mass is 9.74. The van der Waals surface area contributed by atoms with Crippen LogP contribution in [0.15, 0.2) is 60.8 Å². The summed E-state index contributed by atoms with van der Waals surface area (Å²) < 4.78 is 5.54. The monoisotopic (exact) mass is 784 g/mol. The highest BCUT2D eigenvalue weighted by Crippen LogP contribution is 2.57. The van der Waals surface area contributed by atoms with Crippen LogP contribution in [-0.4, -0.2) is 98.6 Å². The maximum absolute atomic E-state index is 14.6. The fourth-order valence-corrected chi connectivity index (χ4v) is 7.62. The van der Waals surface area contributed by atoms with Gasteiger partial charge in [0, 0.05) is 64.2 Å². The van der Waals surface area contributed by atoms with Crippen molar-refractivity contribution in [3.05, 3.63) is 71.9 Å². The number of aromatic nitrogens is 1. The summed E-state index contributed by atoms with van der Waals surface area (Å²) in [5.41, 5.74) is -0.0435. The maximum atomic E-state index is 14.6. The van der Waals surface area contributed by atoms with Gasteiger partial charge in [-0.3, -0.25) is 19.4 Å². The van der Waals surface area contributed by atoms with Gasteiger partial charge in [-0.2, -0.15) is 0 Å². The van der Waals surface area contributed by atoms with E-state index in [-0.39, 0.29) is 28.2 Å². The van der Waals surface area contributed by atoms with Crippen LogP contribution >= 0.6 is 22.6 Å². The zero-order valence-corrected chi connectivity index (χ0v) is 31.7. The van der Waals surface area contributed by atoms with Crippen LogP contribution in [0.4, 0.5) is 4.79 Å². The highest BCUT2D eigenvalue weighted by Gasteiger charge is 2.63. The Balaban J connectivity index is 1.41. The van der Waals surface area contributed by atoms with Gasteiger partial charge in [0.05, 0.1) is 8.84 Å². The molecule has 12 heteroatoms. The van der Waals surface area contributed by atoms with Crippen molar-refractivity contribution in [3.63, 3.8) is 0 Å². The fraction of sp³-hybridized carbons (Fsp3) is 0.514. The zero-order chi connectivity index (χ0) is 35.8. The first kappa shape index (κ1) is 36.6. The molecule has 1 aromatic heterocycles. The Bertz CT molecular complexity index is 1710. The average molecular weight is 785 g/mol. The van der Waals surface area contributed by atoms with Crippen LogP contribution in [0.3, 0.4) is 0 Å². The third-order valence-corrected chi connectivity index (χ3v) is 11.8. The van der Waals surface area contributed by atoms with Crippen LogP contribution in [0.2, 0.25) is 0 Å². The highest BCUT2D eigenvalue weighted by atomic mass is 127. The number of amides is 4. The average Bonchev–Trinajstić information content (AvgIpc) is 3.33. The number of hydrogen-bond donors (Lipinski definition) is 3. The topological polar surface area (TPSA) is 127 Å². The van der Waals surface area contributed by atoms with E-state index in [1.807, 2.05) is 88.7 Å². The number of piperidine rings is 1. The van der Waals surface area contributed by atoms with Crippen LogP contribution in [0, 0.1) is 5.41 Å². The summed E-state index contributed by atoms with van der Waals surface area (Å²) in [5, 5.41) is 10.0. The maximum Gasteiger partial charge on any atom is 0.408 e. The minimum absolute atomic E-state index is 0.0631. The predicted octanol–water partition coefficient (Wildman–Crippen LogP) is 4.84. The van der Waals surface area contributed by atoms with Gasteiger partial charge in [0.1, 0.15) is 17.2 Å². The number of rotatable bonds is 11. The second-order valence-corrected chi connectivity index (χ2v) is 17.2. The molecule has 1 aliphatic carbocycles. The van der Waals surface area contributed by atoms with Gasteiger partial charge in [-0.15, -0.1) is 0 Å². The number of likely N-dealkylation sites (tertiary alicyclic amines) is 1. The Hall–Kier alpha value is -3.65. The SMILES string of the molecule is CN(C)N(C)C(=O)[C@]1(Cc2ccccc2)CCCN(C(=O)[C@@H](Cc2c[nH]c3ccccc23)NC(=O)C(C)(C)NC(=O)OC2(C)CC2(C)I)C1. The quantitative estimate of drug-likeness (QED) is 0.145. The first-order valence-corrected chi connectivity index (χ1v) is 17.9. The van der Waals surface area contributed by atoms with Crippen LogP contribution in [0.5, 0.6) is 0 Å². The summed E-state index contributed by atoms with van der Waals surface area (Å²) in [6, 6.07) is 16.7. The Labute approximate surface area is 302 Å². The molecule has 2 heterocycles. The van der Waals surface area contributed by atoms with Crippen molar-refractivity contribution >= 4 is 57.3 Å². The Kier molecular flexibility index (Phi) is 10.4. The number of carbonyl (C=O) groups excluding carboxylic acids is 4. The molecule has 1 saturated carbocycles. The Morgan fingerprint density at radius 1 is 1.04 bits per heavy atom. The molecule has 3 aromatic rings. The molecule has 4 atom stereocenters. The van der Waals surface area contributed by atoms with Crippen molar-refractivity contribution in [2.24, 2.45) is 5.41 Å². The molecule has 1 aliphatic heterocycles. The molecule has 3 N–H and O–H groups in total. The van der Waals surface area contributed by atoms with E-state index < -0.39 is 34.6 Å². The van der Waals surface area contributed by atoms with E-state index in [0.29, 0.717) is 25.8 Å². The standard InChI is InChI=1S/C37H49IN6O5/c1-34(2,41-33(48)49-36(4)23-35(36,3)38)31(46)40-29(20-26-22-39-28-17-12-11-16-27(26)28)30(45)44-19-13-18-37(24-44,32(47)43(7)42(5)6)21-25-14-9-8-10-15-25/h8-12,14-17,22,29,39H,13,18-21,23-24H2,1-7H3,(H,40,46)(H,41,48)/t29-,35?,36?,37+/m1/s1. The van der Waals surface area contributed by atoms with E-state index in [0.717, 1.165) is 28.5 Å². The molecule has 11 nitrogen and oxygen atoms in total. The first-order valence-electron chi connectivity index (χ1n) is 16.8. The van der Waals surface area contributed by atoms with Crippen LogP contribution in [0.25, 0.3) is 10.9 Å². The molecule has 2 unspecified atom stereocenters. The van der Waals surface area contributed by atoms with Crippen LogP contribution in [0.1, 0.15) is 58.1 Å². The summed E-state index contributed by atoms with van der Waals surface area (Å²) in [6.45, 7) is 7.74. The molecule has 5 rings (SSSR count). The molecule has 1 saturated heterocycles. The highest BCUT2D eigenvalue weighted by molar-refractivity contribution is 14.1. The van der Waals surface area contributed by atoms with Gasteiger partial charge in [0.15, 0.2) is 0 Å². The van der Waals surface area contributed by atoms with E-state index in [1.54, 1.807) is 35.8 Å². The summed E-state index contributed by atoms with van der Waals surface area (Å²) in [4.78, 5) is 60.7. The van der Waals surface area contributed by atoms with Gasteiger partial charge < -0.3 is 25.3 Å². The molecule has 4 amide bonds. The number of halogens is 1. The van der Waals surface area contributed by atoms with Gasteiger partial charge in [-0.05, 0) is 64.2 Å². The summed E-state index contributed by atoms with van der Waals surface area (Å²) in [6.07, 6.45) is 3.84. The lowest BCUT2D eigenvalue weighted by Crippen LogP contribution is -2.62. The lowest BCUT2D eigenvalue weighted by Gasteiger charge is -2.45. The van der Waals surface area contributed by atoms with E-state index in [4.69, 9.17) is 4.74 Å². The first-order chi connectivity index (χ1) is 23.0. The van der Waals surface area contributed by atoms with Crippen molar-refractivity contribution in [2.75, 3.05) is 34.2 Å². The van der Waals surface area contributed by atoms with Gasteiger partial charge in [-0.25, -0.2) is 9.80 Å². The van der Waals surface area contributed by atoms with Crippen LogP contribution < -0.4 is 10.6 Å². The van der Waals surface area contributed by atoms with Crippen molar-refractivity contribution in [2.45, 2.75) is 80.4 Å². The van der Waals surface area contributed by atoms with E-state index in [9.17, 15) is 19.2 Å². The van der Waals surface area contributed by atoms with Crippen molar-refractivity contribution < 1.29 is 23.9 Å². The number of H-pyrrole nitrogens is 1. The van der Waals surface area contributed by atoms with Crippen molar-refractivity contribution in [1.82, 2.24) is 30.5 Å². The predicted molar refractivity (Wildman–Crippen MR) is 198 cm³/mol. The number of hydrazine groups is 1. The summed E-state index contributed by atoms with van der Waals surface area (Å²) >= 11 is 2.28. The number of nitrogens with zero attached hydrogens (tertiary/aromatic N) is 3. The number of aromatic amines is 1. The molecule has 49 heavy (non-hydrogen) atoms. The number of alkyl carbamates (subject to hydrolysis) is 1. The van der Waals surface area contributed by atoms with Crippen molar-refractivity contribution in [3.8, 4) is 0 Å². The number of ether oxygens (including phenoxy) is 1. The second kappa shape index (κ2) is 13.9. The van der Waals surface area contributed by atoms with Gasteiger partial charge in [0.25, 0.3) is 0 Å². The Morgan fingerprint density at radius 3 is 2.35 bits per heavy atom. The Morgan fingerprint density at radius 2 is 1.69 bits per heavy atom. The van der Waals surface area contributed by atoms with Crippen molar-refractivity contribution in [1.29, 1.82) is 0 Å². The van der Waals surface area contributed by atoms with Gasteiger partial charge in [0.2, 0.25) is 17.7 Å². The van der Waals surface area contributed by atoms with E-state index in [1.165, 1.54) is 0 Å². The molecule has 0 spiro atoms. The number of nitrogens with one attached hydrogen (secondary N) is 3. The minimum atomic E-state index is -1.38. The normalized spacial score (nSPS) is 24.3. The molecular weight excluding hydrogens is 735 g/mol. The molecule has 2 fully saturated rings. The molecule has 0 bridgehead atoms. The molecule has 0 radical (unpaired) electrons. The third kappa shape index (κ3) is 7.90. The third-order valence-electron chi connectivity index (χ3n) is 10.3. The molecule has 2 aliphatic rings. The van der Waals surface area contributed by atoms with Gasteiger partial charge >= 0.3 is 6.09 Å². The number of para-hydroxylation sites is 1. The lowest BCUT2D eigenvalue weighted by molar-refractivity contribution is -0.159. The van der Waals surface area contributed by atoms with Gasteiger partial charge in [-0.1, -0.05) is 71.1 Å². The summed E-state index contributed by atoms with van der Waals surface area (Å²) in [7, 11) is 5.40. The fourth-order valence-electron chi connectivity index (χ4n) is 6.78. The molecule has 2 aromatic carbocycles. The number of carbonyl (C=O) groups is 4. The number of benzene rings is 2. The van der Waals surface area contributed by atoms with E-state index >= 15 is 0 Å². The van der Waals surface area contributed by atoms with Crippen LogP contribution in [-0.2, 0) is 32.0 Å². The smallest absolute Gasteiger partial charge is 0.408 e. The number of alkyl halides is 1. The number of fused-ring (bicyclic) bond motifs is 1. The summed E-state index contributed by atoms with van der Waals surface area (Å²) in [5.74, 6) is -0.857. The van der Waals surface area contributed by atoms with E-state index in [2.05, 4.69) is 38.2 Å². The molecular formula is C37H49IN6O5. The minimum Gasteiger partial charge on any atom is -0.442 e. The largest absolute Gasteiger partial charge is 0.442 e. The zero-order valence-electron chi connectivity index (χ0n) is 29.6. The number of hydrogen-bond acceptors (Lipinski definition) is 6. The second-order valence-electron chi connectivity index (χ2n) is 14.8.